The van der Waals surface area contributed by atoms with E-state index in [2.05, 4.69) is 5.32 Å². The molecule has 3 rings (SSSR count). The Labute approximate surface area is 163 Å². The van der Waals surface area contributed by atoms with Crippen molar-refractivity contribution in [3.8, 4) is 11.5 Å². The highest BCUT2D eigenvalue weighted by molar-refractivity contribution is 5.95. The van der Waals surface area contributed by atoms with Crippen molar-refractivity contribution in [3.63, 3.8) is 0 Å². The molecule has 0 saturated carbocycles. The lowest BCUT2D eigenvalue weighted by molar-refractivity contribution is 0.0949. The van der Waals surface area contributed by atoms with Gasteiger partial charge in [0.25, 0.3) is 5.91 Å². The maximum absolute atomic E-state index is 12.9. The van der Waals surface area contributed by atoms with Crippen LogP contribution in [0, 0.1) is 5.82 Å². The van der Waals surface area contributed by atoms with E-state index in [1.807, 2.05) is 48.5 Å². The van der Waals surface area contributed by atoms with Gasteiger partial charge in [0, 0.05) is 17.7 Å². The summed E-state index contributed by atoms with van der Waals surface area (Å²) in [5, 5.41) is 2.90. The average Bonchev–Trinajstić information content (AvgIpc) is 2.74. The topological polar surface area (TPSA) is 47.6 Å². The van der Waals surface area contributed by atoms with Gasteiger partial charge in [-0.25, -0.2) is 4.39 Å². The lowest BCUT2D eigenvalue weighted by Crippen LogP contribution is -2.26. The van der Waals surface area contributed by atoms with E-state index in [-0.39, 0.29) is 11.7 Å². The van der Waals surface area contributed by atoms with E-state index in [9.17, 15) is 9.18 Å². The first-order chi connectivity index (χ1) is 13.7. The highest BCUT2D eigenvalue weighted by Crippen LogP contribution is 2.15. The number of amides is 1. The van der Waals surface area contributed by atoms with Crippen molar-refractivity contribution in [1.29, 1.82) is 0 Å². The summed E-state index contributed by atoms with van der Waals surface area (Å²) in [6.45, 7) is 1.24. The number of halogens is 1. The van der Waals surface area contributed by atoms with Crippen molar-refractivity contribution in [2.24, 2.45) is 0 Å². The van der Waals surface area contributed by atoms with Crippen LogP contribution >= 0.6 is 0 Å². The average molecular weight is 379 g/mol. The van der Waals surface area contributed by atoms with Gasteiger partial charge in [-0.2, -0.15) is 0 Å². The molecular weight excluding hydrogens is 357 g/mol. The number of rotatable bonds is 9. The number of ether oxygens (including phenoxy) is 2. The SMILES string of the molecule is O=C(NCCCOc1ccc(F)cc1)c1ccccc1COc1ccccc1. The first-order valence-electron chi connectivity index (χ1n) is 9.15. The maximum Gasteiger partial charge on any atom is 0.251 e. The van der Waals surface area contributed by atoms with Crippen LogP contribution in [-0.4, -0.2) is 19.1 Å². The van der Waals surface area contributed by atoms with E-state index < -0.39 is 0 Å². The van der Waals surface area contributed by atoms with Crippen LogP contribution in [0.5, 0.6) is 11.5 Å². The van der Waals surface area contributed by atoms with Crippen LogP contribution in [0.15, 0.2) is 78.9 Å². The fraction of sp³-hybridized carbons (Fsp3) is 0.174. The number of carbonyl (C=O) groups is 1. The summed E-state index contributed by atoms with van der Waals surface area (Å²) in [6.07, 6.45) is 0.645. The Kier molecular flexibility index (Phi) is 7.01. The van der Waals surface area contributed by atoms with E-state index in [0.29, 0.717) is 37.5 Å². The van der Waals surface area contributed by atoms with Crippen LogP contribution in [0.2, 0.25) is 0 Å². The molecule has 0 saturated heterocycles. The Balaban J connectivity index is 1.45. The van der Waals surface area contributed by atoms with Gasteiger partial charge in [-0.3, -0.25) is 4.79 Å². The fourth-order valence-electron chi connectivity index (χ4n) is 2.64. The molecule has 0 fully saturated rings. The second-order valence-corrected chi connectivity index (χ2v) is 6.17. The van der Waals surface area contributed by atoms with Gasteiger partial charge < -0.3 is 14.8 Å². The predicted octanol–water partition coefficient (Wildman–Crippen LogP) is 4.60. The molecule has 1 amide bonds. The highest BCUT2D eigenvalue weighted by atomic mass is 19.1. The summed E-state index contributed by atoms with van der Waals surface area (Å²) in [4.78, 5) is 12.5. The Hall–Kier alpha value is -3.34. The van der Waals surface area contributed by atoms with Gasteiger partial charge in [0.15, 0.2) is 0 Å². The first-order valence-corrected chi connectivity index (χ1v) is 9.15. The lowest BCUT2D eigenvalue weighted by atomic mass is 10.1. The van der Waals surface area contributed by atoms with E-state index in [1.54, 1.807) is 18.2 Å². The minimum absolute atomic E-state index is 0.144. The summed E-state index contributed by atoms with van der Waals surface area (Å²) in [7, 11) is 0. The van der Waals surface area contributed by atoms with Gasteiger partial charge in [0.1, 0.15) is 23.9 Å². The van der Waals surface area contributed by atoms with Crippen molar-refractivity contribution in [1.82, 2.24) is 5.32 Å². The molecule has 0 atom stereocenters. The molecule has 3 aromatic carbocycles. The molecule has 0 aromatic heterocycles. The zero-order valence-electron chi connectivity index (χ0n) is 15.4. The molecule has 0 aliphatic heterocycles. The third-order valence-electron chi connectivity index (χ3n) is 4.09. The Morgan fingerprint density at radius 2 is 1.50 bits per heavy atom. The molecule has 144 valence electrons. The van der Waals surface area contributed by atoms with E-state index in [1.165, 1.54) is 12.1 Å². The predicted molar refractivity (Wildman–Crippen MR) is 106 cm³/mol. The third-order valence-corrected chi connectivity index (χ3v) is 4.09. The molecule has 0 spiro atoms. The molecule has 0 heterocycles. The number of nitrogens with one attached hydrogen (secondary N) is 1. The van der Waals surface area contributed by atoms with Crippen molar-refractivity contribution in [3.05, 3.63) is 95.8 Å². The van der Waals surface area contributed by atoms with Crippen LogP contribution in [0.4, 0.5) is 4.39 Å². The molecule has 0 radical (unpaired) electrons. The van der Waals surface area contributed by atoms with Crippen LogP contribution in [0.1, 0.15) is 22.3 Å². The van der Waals surface area contributed by atoms with Gasteiger partial charge in [-0.15, -0.1) is 0 Å². The normalized spacial score (nSPS) is 10.3. The molecule has 0 bridgehead atoms. The van der Waals surface area contributed by atoms with Gasteiger partial charge in [-0.1, -0.05) is 36.4 Å². The quantitative estimate of drug-likeness (QED) is 0.553. The first kappa shape index (κ1) is 19.4. The minimum Gasteiger partial charge on any atom is -0.494 e. The molecule has 28 heavy (non-hydrogen) atoms. The van der Waals surface area contributed by atoms with Crippen LogP contribution in [-0.2, 0) is 6.61 Å². The van der Waals surface area contributed by atoms with Crippen LogP contribution in [0.25, 0.3) is 0 Å². The summed E-state index contributed by atoms with van der Waals surface area (Å²) >= 11 is 0. The second-order valence-electron chi connectivity index (χ2n) is 6.17. The van der Waals surface area contributed by atoms with Crippen molar-refractivity contribution in [2.45, 2.75) is 13.0 Å². The van der Waals surface area contributed by atoms with Crippen molar-refractivity contribution < 1.29 is 18.7 Å². The third kappa shape index (κ3) is 5.84. The second kappa shape index (κ2) is 10.1. The Morgan fingerprint density at radius 3 is 2.29 bits per heavy atom. The van der Waals surface area contributed by atoms with Gasteiger partial charge >= 0.3 is 0 Å². The number of benzene rings is 3. The zero-order valence-corrected chi connectivity index (χ0v) is 15.4. The summed E-state index contributed by atoms with van der Waals surface area (Å²) in [6, 6.07) is 22.7. The van der Waals surface area contributed by atoms with Gasteiger partial charge in [0.05, 0.1) is 6.61 Å². The van der Waals surface area contributed by atoms with Crippen LogP contribution < -0.4 is 14.8 Å². The largest absolute Gasteiger partial charge is 0.494 e. The number of hydrogen-bond acceptors (Lipinski definition) is 3. The molecular formula is C23H22FNO3. The molecule has 0 aliphatic rings. The number of carbonyl (C=O) groups excluding carboxylic acids is 1. The lowest BCUT2D eigenvalue weighted by Gasteiger charge is -2.12. The van der Waals surface area contributed by atoms with E-state index >= 15 is 0 Å². The molecule has 1 N–H and O–H groups in total. The minimum atomic E-state index is -0.297. The monoisotopic (exact) mass is 379 g/mol. The Bertz CT molecular complexity index is 882. The summed E-state index contributed by atoms with van der Waals surface area (Å²) in [5.41, 5.74) is 1.42. The summed E-state index contributed by atoms with van der Waals surface area (Å²) < 4.78 is 24.1. The molecule has 5 heteroatoms. The van der Waals surface area contributed by atoms with Gasteiger partial charge in [0.2, 0.25) is 0 Å². The number of hydrogen-bond donors (Lipinski definition) is 1. The fourth-order valence-corrected chi connectivity index (χ4v) is 2.64. The molecule has 0 aliphatic carbocycles. The number of para-hydroxylation sites is 1. The molecule has 3 aromatic rings. The van der Waals surface area contributed by atoms with Crippen molar-refractivity contribution >= 4 is 5.91 Å². The van der Waals surface area contributed by atoms with Crippen molar-refractivity contribution in [2.75, 3.05) is 13.2 Å². The maximum atomic E-state index is 12.9. The molecule has 4 nitrogen and oxygen atoms in total. The van der Waals surface area contributed by atoms with Gasteiger partial charge in [-0.05, 0) is 48.9 Å². The van der Waals surface area contributed by atoms with Crippen LogP contribution in [0.3, 0.4) is 0 Å². The standard InChI is InChI=1S/C23H22FNO3/c24-19-11-13-21(14-12-19)27-16-6-15-25-23(26)22-10-5-4-7-18(22)17-28-20-8-2-1-3-9-20/h1-5,7-14H,6,15-17H2,(H,25,26). The summed E-state index contributed by atoms with van der Waals surface area (Å²) in [5.74, 6) is 0.926. The Morgan fingerprint density at radius 1 is 0.821 bits per heavy atom. The van der Waals surface area contributed by atoms with E-state index in [0.717, 1.165) is 11.3 Å². The highest BCUT2D eigenvalue weighted by Gasteiger charge is 2.11. The smallest absolute Gasteiger partial charge is 0.251 e. The van der Waals surface area contributed by atoms with E-state index in [4.69, 9.17) is 9.47 Å². The molecule has 0 unspecified atom stereocenters. The zero-order chi connectivity index (χ0) is 19.6.